The van der Waals surface area contributed by atoms with Crippen LogP contribution < -0.4 is 4.72 Å². The Morgan fingerprint density at radius 3 is 2.56 bits per heavy atom. The molecule has 138 valence electrons. The summed E-state index contributed by atoms with van der Waals surface area (Å²) in [6.45, 7) is 6.87. The number of fused-ring (bicyclic) bond motifs is 1. The van der Waals surface area contributed by atoms with Gasteiger partial charge in [0, 0.05) is 18.1 Å². The molecular formula is C18H25ClN2O3S. The molecular weight excluding hydrogens is 360 g/mol. The standard InChI is InChI=1S/C18H25ClN2O3S/c1-17(2,3)25(24)20-15-14-10-13(19)5-4-12(14)11-18(15)6-8-21(9-7-18)16(22)23/h4-5,10,15,20H,6-9,11H2,1-3H3,(H,22,23)/t15-,25?/m1/s1. The van der Waals surface area contributed by atoms with Crippen molar-refractivity contribution in [2.75, 3.05) is 13.1 Å². The Morgan fingerprint density at radius 2 is 2.00 bits per heavy atom. The molecule has 5 nitrogen and oxygen atoms in total. The first-order valence-electron chi connectivity index (χ1n) is 8.57. The van der Waals surface area contributed by atoms with E-state index in [2.05, 4.69) is 4.72 Å². The van der Waals surface area contributed by atoms with E-state index in [1.165, 1.54) is 10.5 Å². The lowest BCUT2D eigenvalue weighted by Crippen LogP contribution is -2.48. The van der Waals surface area contributed by atoms with Gasteiger partial charge >= 0.3 is 6.09 Å². The Balaban J connectivity index is 1.92. The largest absolute Gasteiger partial charge is 0.465 e. The number of likely N-dealkylation sites (tertiary alicyclic amines) is 1. The van der Waals surface area contributed by atoms with Crippen LogP contribution >= 0.6 is 11.6 Å². The van der Waals surface area contributed by atoms with Gasteiger partial charge < -0.3 is 10.0 Å². The van der Waals surface area contributed by atoms with E-state index in [9.17, 15) is 14.1 Å². The first kappa shape index (κ1) is 18.7. The maximum Gasteiger partial charge on any atom is 0.407 e. The van der Waals surface area contributed by atoms with E-state index in [-0.39, 0.29) is 16.2 Å². The van der Waals surface area contributed by atoms with E-state index in [1.807, 2.05) is 39.0 Å². The molecule has 1 heterocycles. The van der Waals surface area contributed by atoms with Crippen LogP contribution in [0.3, 0.4) is 0 Å². The smallest absolute Gasteiger partial charge is 0.407 e. The number of amides is 1. The number of hydrogen-bond acceptors (Lipinski definition) is 2. The fourth-order valence-electron chi connectivity index (χ4n) is 3.89. The number of piperidine rings is 1. The van der Waals surface area contributed by atoms with Gasteiger partial charge in [-0.3, -0.25) is 0 Å². The summed E-state index contributed by atoms with van der Waals surface area (Å²) < 4.78 is 15.8. The van der Waals surface area contributed by atoms with Crippen LogP contribution in [-0.2, 0) is 17.4 Å². The Hall–Kier alpha value is -1.11. The summed E-state index contributed by atoms with van der Waals surface area (Å²) in [7, 11) is -1.21. The molecule has 1 aliphatic heterocycles. The summed E-state index contributed by atoms with van der Waals surface area (Å²) in [5, 5.41) is 9.91. The Bertz CT molecular complexity index is 709. The van der Waals surface area contributed by atoms with Gasteiger partial charge in [-0.25, -0.2) is 13.7 Å². The molecule has 1 aromatic carbocycles. The summed E-state index contributed by atoms with van der Waals surface area (Å²) >= 11 is 6.22. The SMILES string of the molecule is CC(C)(C)S(=O)N[C@@H]1c2cc(Cl)ccc2CC12CCN(C(=O)O)CC2. The zero-order chi connectivity index (χ0) is 18.4. The zero-order valence-electron chi connectivity index (χ0n) is 14.8. The van der Waals surface area contributed by atoms with Gasteiger partial charge in [0.25, 0.3) is 0 Å². The van der Waals surface area contributed by atoms with Crippen molar-refractivity contribution in [2.24, 2.45) is 5.41 Å². The molecule has 0 bridgehead atoms. The molecule has 1 spiro atoms. The number of hydrogen-bond donors (Lipinski definition) is 2. The molecule has 1 aliphatic carbocycles. The number of benzene rings is 1. The number of halogens is 1. The van der Waals surface area contributed by atoms with Gasteiger partial charge in [0.15, 0.2) is 0 Å². The molecule has 1 amide bonds. The van der Waals surface area contributed by atoms with E-state index in [4.69, 9.17) is 11.6 Å². The van der Waals surface area contributed by atoms with Gasteiger partial charge in [-0.15, -0.1) is 0 Å². The van der Waals surface area contributed by atoms with Gasteiger partial charge in [0.2, 0.25) is 0 Å². The van der Waals surface area contributed by atoms with Crippen LogP contribution in [0.2, 0.25) is 5.02 Å². The lowest BCUT2D eigenvalue weighted by molar-refractivity contribution is 0.0768. The van der Waals surface area contributed by atoms with Crippen LogP contribution in [0.5, 0.6) is 0 Å². The van der Waals surface area contributed by atoms with Crippen molar-refractivity contribution in [2.45, 2.75) is 50.8 Å². The average Bonchev–Trinajstić information content (AvgIpc) is 2.80. The van der Waals surface area contributed by atoms with Crippen LogP contribution in [-0.4, -0.2) is 38.1 Å². The maximum absolute atomic E-state index is 12.8. The monoisotopic (exact) mass is 384 g/mol. The minimum absolute atomic E-state index is 0.0720. The second-order valence-corrected chi connectivity index (χ2v) is 10.5. The van der Waals surface area contributed by atoms with Gasteiger partial charge in [0.1, 0.15) is 0 Å². The first-order valence-corrected chi connectivity index (χ1v) is 10.1. The highest BCUT2D eigenvalue weighted by molar-refractivity contribution is 7.84. The molecule has 0 radical (unpaired) electrons. The maximum atomic E-state index is 12.8. The van der Waals surface area contributed by atoms with Crippen LogP contribution in [0.15, 0.2) is 18.2 Å². The third-order valence-electron chi connectivity index (χ3n) is 5.38. The lowest BCUT2D eigenvalue weighted by Gasteiger charge is -2.43. The quantitative estimate of drug-likeness (QED) is 0.815. The van der Waals surface area contributed by atoms with Gasteiger partial charge in [-0.05, 0) is 68.7 Å². The highest BCUT2D eigenvalue weighted by Crippen LogP contribution is 2.52. The van der Waals surface area contributed by atoms with E-state index in [1.54, 1.807) is 0 Å². The summed E-state index contributed by atoms with van der Waals surface area (Å²) in [6, 6.07) is 5.83. The van der Waals surface area contributed by atoms with E-state index in [0.29, 0.717) is 18.1 Å². The number of carbonyl (C=O) groups is 1. The predicted octanol–water partition coefficient (Wildman–Crippen LogP) is 3.75. The Morgan fingerprint density at radius 1 is 1.36 bits per heavy atom. The molecule has 2 aliphatic rings. The van der Waals surface area contributed by atoms with Crippen molar-refractivity contribution >= 4 is 28.7 Å². The minimum Gasteiger partial charge on any atom is -0.465 e. The van der Waals surface area contributed by atoms with Gasteiger partial charge in [0.05, 0.1) is 21.8 Å². The first-order chi connectivity index (χ1) is 11.6. The normalized spacial score (nSPS) is 23.5. The molecule has 2 atom stereocenters. The second-order valence-electron chi connectivity index (χ2n) is 8.08. The molecule has 1 fully saturated rings. The molecule has 1 unspecified atom stereocenters. The van der Waals surface area contributed by atoms with Crippen molar-refractivity contribution < 1.29 is 14.1 Å². The third kappa shape index (κ3) is 3.57. The van der Waals surface area contributed by atoms with Crippen molar-refractivity contribution in [3.63, 3.8) is 0 Å². The van der Waals surface area contributed by atoms with Crippen LogP contribution in [0, 0.1) is 5.41 Å². The van der Waals surface area contributed by atoms with E-state index in [0.717, 1.165) is 24.8 Å². The highest BCUT2D eigenvalue weighted by atomic mass is 35.5. The minimum atomic E-state index is -1.21. The van der Waals surface area contributed by atoms with Crippen LogP contribution in [0.1, 0.15) is 50.8 Å². The second kappa shape index (κ2) is 6.56. The molecule has 2 N–H and O–H groups in total. The highest BCUT2D eigenvalue weighted by Gasteiger charge is 2.49. The molecule has 1 saturated heterocycles. The van der Waals surface area contributed by atoms with Crippen molar-refractivity contribution in [1.29, 1.82) is 0 Å². The Kier molecular flexibility index (Phi) is 4.90. The molecule has 7 heteroatoms. The lowest BCUT2D eigenvalue weighted by atomic mass is 9.73. The van der Waals surface area contributed by atoms with Crippen LogP contribution in [0.25, 0.3) is 0 Å². The molecule has 0 aromatic heterocycles. The van der Waals surface area contributed by atoms with Crippen molar-refractivity contribution in [3.8, 4) is 0 Å². The number of nitrogens with zero attached hydrogens (tertiary/aromatic N) is 1. The Labute approximate surface area is 156 Å². The fourth-order valence-corrected chi connectivity index (χ4v) is 5.01. The number of carboxylic acid groups (broad SMARTS) is 1. The number of rotatable bonds is 2. The van der Waals surface area contributed by atoms with Crippen LogP contribution in [0.4, 0.5) is 4.79 Å². The third-order valence-corrected chi connectivity index (χ3v) is 7.18. The fraction of sp³-hybridized carbons (Fsp3) is 0.611. The molecule has 25 heavy (non-hydrogen) atoms. The van der Waals surface area contributed by atoms with Gasteiger partial charge in [-0.1, -0.05) is 17.7 Å². The summed E-state index contributed by atoms with van der Waals surface area (Å²) in [6.07, 6.45) is 1.51. The summed E-state index contributed by atoms with van der Waals surface area (Å²) in [5.41, 5.74) is 2.21. The molecule has 3 rings (SSSR count). The average molecular weight is 385 g/mol. The topological polar surface area (TPSA) is 69.6 Å². The van der Waals surface area contributed by atoms with Crippen molar-refractivity contribution in [1.82, 2.24) is 9.62 Å². The zero-order valence-corrected chi connectivity index (χ0v) is 16.4. The van der Waals surface area contributed by atoms with E-state index < -0.39 is 17.1 Å². The molecule has 1 aromatic rings. The van der Waals surface area contributed by atoms with Gasteiger partial charge in [-0.2, -0.15) is 0 Å². The summed E-state index contributed by atoms with van der Waals surface area (Å²) in [4.78, 5) is 12.7. The van der Waals surface area contributed by atoms with Crippen molar-refractivity contribution in [3.05, 3.63) is 34.3 Å². The van der Waals surface area contributed by atoms with E-state index >= 15 is 0 Å². The summed E-state index contributed by atoms with van der Waals surface area (Å²) in [5.74, 6) is 0. The molecule has 0 saturated carbocycles. The number of nitrogens with one attached hydrogen (secondary N) is 1. The predicted molar refractivity (Wildman–Crippen MR) is 100 cm³/mol.